The van der Waals surface area contributed by atoms with Crippen molar-refractivity contribution < 1.29 is 4.74 Å². The number of rotatable bonds is 5. The van der Waals surface area contributed by atoms with Gasteiger partial charge >= 0.3 is 0 Å². The summed E-state index contributed by atoms with van der Waals surface area (Å²) in [6.45, 7) is 8.22. The van der Waals surface area contributed by atoms with Gasteiger partial charge in [-0.05, 0) is 31.3 Å². The monoisotopic (exact) mass is 306 g/mol. The summed E-state index contributed by atoms with van der Waals surface area (Å²) in [5.74, 6) is 1.21. The molecule has 0 spiro atoms. The van der Waals surface area contributed by atoms with Crippen molar-refractivity contribution in [1.29, 1.82) is 0 Å². The number of nitrogens with two attached hydrogens (primary N) is 1. The lowest BCUT2D eigenvalue weighted by Gasteiger charge is -2.16. The van der Waals surface area contributed by atoms with Gasteiger partial charge in [0, 0.05) is 35.5 Å². The first-order valence-electron chi connectivity index (χ1n) is 7.02. The van der Waals surface area contributed by atoms with Gasteiger partial charge in [-0.25, -0.2) is 0 Å². The maximum atomic E-state index is 6.36. The molecule has 2 rings (SSSR count). The van der Waals surface area contributed by atoms with Crippen LogP contribution >= 0.6 is 11.5 Å². The van der Waals surface area contributed by atoms with Gasteiger partial charge in [0.05, 0.1) is 17.7 Å². The first kappa shape index (κ1) is 15.9. The first-order chi connectivity index (χ1) is 9.95. The van der Waals surface area contributed by atoms with E-state index in [1.807, 2.05) is 20.0 Å². The molecule has 2 aromatic heterocycles. The molecule has 0 aliphatic heterocycles. The zero-order valence-electron chi connectivity index (χ0n) is 13.2. The van der Waals surface area contributed by atoms with Crippen LogP contribution in [0.25, 0.3) is 0 Å². The van der Waals surface area contributed by atoms with Gasteiger partial charge in [0.2, 0.25) is 0 Å². The number of aromatic nitrogens is 3. The number of ether oxygens (including phenoxy) is 1. The first-order valence-corrected chi connectivity index (χ1v) is 7.79. The lowest BCUT2D eigenvalue weighted by molar-refractivity contribution is 0.406. The normalized spacial score (nSPS) is 12.7. The molecule has 6 heteroatoms. The second kappa shape index (κ2) is 6.49. The predicted molar refractivity (Wildman–Crippen MR) is 84.9 cm³/mol. The third kappa shape index (κ3) is 3.22. The smallest absolute Gasteiger partial charge is 0.128 e. The highest BCUT2D eigenvalue weighted by Gasteiger charge is 2.20. The SMILES string of the molecule is COc1c(C)cnc(CC(N)c2snnc2C(C)C)c1C. The van der Waals surface area contributed by atoms with Gasteiger partial charge in [0.25, 0.3) is 0 Å². The maximum Gasteiger partial charge on any atom is 0.128 e. The Hall–Kier alpha value is -1.53. The highest BCUT2D eigenvalue weighted by Crippen LogP contribution is 2.30. The summed E-state index contributed by atoms with van der Waals surface area (Å²) in [6, 6.07) is -0.138. The molecule has 0 aliphatic carbocycles. The molecule has 0 aliphatic rings. The van der Waals surface area contributed by atoms with Crippen LogP contribution in [0.1, 0.15) is 53.2 Å². The van der Waals surface area contributed by atoms with Crippen LogP contribution in [0.5, 0.6) is 5.75 Å². The van der Waals surface area contributed by atoms with Gasteiger partial charge < -0.3 is 10.5 Å². The molecule has 2 N–H and O–H groups in total. The fourth-order valence-corrected chi connectivity index (χ4v) is 3.25. The highest BCUT2D eigenvalue weighted by molar-refractivity contribution is 7.05. The summed E-state index contributed by atoms with van der Waals surface area (Å²) in [4.78, 5) is 5.56. The summed E-state index contributed by atoms with van der Waals surface area (Å²) in [5, 5.41) is 4.19. The summed E-state index contributed by atoms with van der Waals surface area (Å²) >= 11 is 1.38. The molecule has 0 saturated heterocycles. The Morgan fingerprint density at radius 1 is 1.33 bits per heavy atom. The van der Waals surface area contributed by atoms with Crippen LogP contribution in [-0.4, -0.2) is 21.7 Å². The number of pyridine rings is 1. The van der Waals surface area contributed by atoms with Crippen LogP contribution in [0.2, 0.25) is 0 Å². The van der Waals surface area contributed by atoms with Crippen molar-refractivity contribution in [2.24, 2.45) is 5.73 Å². The van der Waals surface area contributed by atoms with Gasteiger partial charge in [-0.15, -0.1) is 5.10 Å². The summed E-state index contributed by atoms with van der Waals surface area (Å²) in [5.41, 5.74) is 10.4. The number of aryl methyl sites for hydroxylation is 1. The molecule has 2 aromatic rings. The number of hydrogen-bond donors (Lipinski definition) is 1. The Morgan fingerprint density at radius 2 is 2.05 bits per heavy atom. The van der Waals surface area contributed by atoms with E-state index in [1.54, 1.807) is 7.11 Å². The minimum absolute atomic E-state index is 0.138. The molecular formula is C15H22N4OS. The standard InChI is InChI=1S/C15H22N4OS/c1-8(2)13-15(21-19-18-13)11(16)6-12-10(4)14(20-5)9(3)7-17-12/h7-8,11H,6,16H2,1-5H3. The van der Waals surface area contributed by atoms with Crippen LogP contribution in [0.4, 0.5) is 0 Å². The van der Waals surface area contributed by atoms with Gasteiger partial charge in [-0.3, -0.25) is 4.98 Å². The summed E-state index contributed by atoms with van der Waals surface area (Å²) in [6.07, 6.45) is 2.49. The molecule has 2 heterocycles. The molecule has 0 saturated carbocycles. The van der Waals surface area contributed by atoms with Crippen LogP contribution in [0.3, 0.4) is 0 Å². The lowest BCUT2D eigenvalue weighted by atomic mass is 10.0. The quantitative estimate of drug-likeness (QED) is 0.919. The fourth-order valence-electron chi connectivity index (χ4n) is 2.44. The summed E-state index contributed by atoms with van der Waals surface area (Å²) in [7, 11) is 1.68. The van der Waals surface area contributed by atoms with E-state index in [0.29, 0.717) is 12.3 Å². The average molecular weight is 306 g/mol. The molecule has 0 fully saturated rings. The largest absolute Gasteiger partial charge is 0.496 e. The van der Waals surface area contributed by atoms with Crippen molar-refractivity contribution in [3.05, 3.63) is 33.6 Å². The number of nitrogens with zero attached hydrogens (tertiary/aromatic N) is 3. The van der Waals surface area contributed by atoms with Gasteiger partial charge in [0.1, 0.15) is 5.75 Å². The minimum atomic E-state index is -0.138. The second-order valence-electron chi connectivity index (χ2n) is 5.53. The van der Waals surface area contributed by atoms with E-state index in [9.17, 15) is 0 Å². The molecule has 1 atom stereocenters. The Labute approximate surface area is 129 Å². The molecule has 0 aromatic carbocycles. The van der Waals surface area contributed by atoms with E-state index in [-0.39, 0.29) is 6.04 Å². The van der Waals surface area contributed by atoms with Gasteiger partial charge in [-0.1, -0.05) is 18.3 Å². The van der Waals surface area contributed by atoms with Crippen molar-refractivity contribution in [1.82, 2.24) is 14.6 Å². The zero-order chi connectivity index (χ0) is 15.6. The topological polar surface area (TPSA) is 73.9 Å². The molecule has 0 bridgehead atoms. The van der Waals surface area contributed by atoms with E-state index in [0.717, 1.165) is 33.1 Å². The molecule has 0 amide bonds. The molecule has 0 radical (unpaired) electrons. The molecule has 114 valence electrons. The highest BCUT2D eigenvalue weighted by atomic mass is 32.1. The van der Waals surface area contributed by atoms with Crippen LogP contribution < -0.4 is 10.5 Å². The maximum absolute atomic E-state index is 6.36. The van der Waals surface area contributed by atoms with Crippen molar-refractivity contribution in [3.8, 4) is 5.75 Å². The average Bonchev–Trinajstić information content (AvgIpc) is 2.92. The fraction of sp³-hybridized carbons (Fsp3) is 0.533. The minimum Gasteiger partial charge on any atom is -0.496 e. The molecular weight excluding hydrogens is 284 g/mol. The van der Waals surface area contributed by atoms with E-state index in [2.05, 4.69) is 28.4 Å². The van der Waals surface area contributed by atoms with E-state index in [1.165, 1.54) is 11.5 Å². The zero-order valence-corrected chi connectivity index (χ0v) is 14.0. The lowest BCUT2D eigenvalue weighted by Crippen LogP contribution is -2.16. The van der Waals surface area contributed by atoms with E-state index in [4.69, 9.17) is 10.5 Å². The van der Waals surface area contributed by atoms with Crippen LogP contribution in [-0.2, 0) is 6.42 Å². The Bertz CT molecular complexity index is 624. The molecule has 5 nitrogen and oxygen atoms in total. The molecule has 1 unspecified atom stereocenters. The van der Waals surface area contributed by atoms with Crippen LogP contribution in [0.15, 0.2) is 6.20 Å². The van der Waals surface area contributed by atoms with Crippen molar-refractivity contribution >= 4 is 11.5 Å². The van der Waals surface area contributed by atoms with Gasteiger partial charge in [0.15, 0.2) is 0 Å². The Balaban J connectivity index is 2.28. The van der Waals surface area contributed by atoms with Crippen molar-refractivity contribution in [2.75, 3.05) is 7.11 Å². The molecule has 21 heavy (non-hydrogen) atoms. The third-order valence-electron chi connectivity index (χ3n) is 3.59. The third-order valence-corrected chi connectivity index (χ3v) is 4.46. The van der Waals surface area contributed by atoms with E-state index >= 15 is 0 Å². The summed E-state index contributed by atoms with van der Waals surface area (Å²) < 4.78 is 9.49. The van der Waals surface area contributed by atoms with E-state index < -0.39 is 0 Å². The predicted octanol–water partition coefficient (Wildman–Crippen LogP) is 2.92. The van der Waals surface area contributed by atoms with Gasteiger partial charge in [-0.2, -0.15) is 0 Å². The Kier molecular flexibility index (Phi) is 4.90. The number of methoxy groups -OCH3 is 1. The van der Waals surface area contributed by atoms with Crippen molar-refractivity contribution in [3.63, 3.8) is 0 Å². The Morgan fingerprint density at radius 3 is 2.67 bits per heavy atom. The number of hydrogen-bond acceptors (Lipinski definition) is 6. The van der Waals surface area contributed by atoms with Crippen LogP contribution in [0, 0.1) is 13.8 Å². The van der Waals surface area contributed by atoms with Crippen molar-refractivity contribution in [2.45, 2.75) is 46.1 Å². The second-order valence-corrected chi connectivity index (χ2v) is 6.32.